The van der Waals surface area contributed by atoms with Gasteiger partial charge < -0.3 is 9.64 Å². The van der Waals surface area contributed by atoms with Gasteiger partial charge >= 0.3 is 0 Å². The predicted octanol–water partition coefficient (Wildman–Crippen LogP) is 7.98. The highest BCUT2D eigenvalue weighted by Gasteiger charge is 2.53. The number of carbonyl (C=O) groups is 2. The van der Waals surface area contributed by atoms with E-state index in [2.05, 4.69) is 0 Å². The van der Waals surface area contributed by atoms with Gasteiger partial charge in [-0.3, -0.25) is 14.4 Å². The highest BCUT2D eigenvalue weighted by atomic mass is 35.5. The van der Waals surface area contributed by atoms with Crippen molar-refractivity contribution in [2.45, 2.75) is 75.6 Å². The molecule has 0 radical (unpaired) electrons. The Hall–Kier alpha value is -2.92. The Bertz CT molecular complexity index is 1850. The lowest BCUT2D eigenvalue weighted by Crippen LogP contribution is -2.59. The van der Waals surface area contributed by atoms with Crippen LogP contribution in [0.2, 0.25) is 10.0 Å². The van der Waals surface area contributed by atoms with Crippen LogP contribution in [0, 0.1) is 16.1 Å². The van der Waals surface area contributed by atoms with Crippen LogP contribution >= 0.6 is 23.2 Å². The van der Waals surface area contributed by atoms with Crippen molar-refractivity contribution in [3.05, 3.63) is 94.0 Å². The highest BCUT2D eigenvalue weighted by molar-refractivity contribution is 7.93. The van der Waals surface area contributed by atoms with E-state index in [0.717, 1.165) is 11.1 Å². The zero-order valence-corrected chi connectivity index (χ0v) is 31.3. The topological polar surface area (TPSA) is 122 Å². The Morgan fingerprint density at radius 3 is 2.12 bits per heavy atom. The lowest BCUT2D eigenvalue weighted by atomic mass is 9.66. The third kappa shape index (κ3) is 8.44. The van der Waals surface area contributed by atoms with E-state index in [1.807, 2.05) is 44.2 Å². The fourth-order valence-electron chi connectivity index (χ4n) is 6.52. The van der Waals surface area contributed by atoms with E-state index in [4.69, 9.17) is 32.7 Å². The zero-order valence-electron chi connectivity index (χ0n) is 28.1. The predicted molar refractivity (Wildman–Crippen MR) is 192 cm³/mol. The Morgan fingerprint density at radius 2 is 1.58 bits per heavy atom. The molecule has 12 heteroatoms. The molecular formula is C36H44Cl2N2O6S2. The Kier molecular flexibility index (Phi) is 11.8. The number of halogens is 2. The molecule has 0 saturated carbocycles. The molecule has 0 aromatic heterocycles. The minimum absolute atomic E-state index is 0.0169. The number of nitrogens with one attached hydrogen (secondary N) is 1. The maximum absolute atomic E-state index is 15.0. The molecular weight excluding hydrogens is 691 g/mol. The third-order valence-electron chi connectivity index (χ3n) is 9.25. The van der Waals surface area contributed by atoms with Crippen LogP contribution < -0.4 is 4.74 Å². The first-order chi connectivity index (χ1) is 22.4. The molecule has 3 aromatic carbocycles. The number of carbonyl (C=O) groups excluding carboxylic acids is 2. The van der Waals surface area contributed by atoms with E-state index in [1.54, 1.807) is 43.9 Å². The number of nitrogens with zero attached hydrogens (tertiary/aromatic N) is 1. The number of Topliss-reactive ketones (excluding diaryl/α,β-unsaturated/α-hetero) is 1. The fourth-order valence-corrected chi connectivity index (χ4v) is 9.52. The van der Waals surface area contributed by atoms with Crippen LogP contribution in [0.25, 0.3) is 0 Å². The van der Waals surface area contributed by atoms with Gasteiger partial charge in [-0.15, -0.1) is 0 Å². The SMILES string of the molecule is COc1ccc(S(=O)(=O)CC(=O)C[C@@]2(C)C[C@H](c3cccc(Cl)c3)[C@@H](c3ccc(Cl)cc3)N([C@H](CS(=N)(=O)C(C)C)C(C)C)C2=O)cc1. The molecule has 1 heterocycles. The van der Waals surface area contributed by atoms with Gasteiger partial charge in [-0.2, -0.15) is 0 Å². The Morgan fingerprint density at radius 1 is 0.958 bits per heavy atom. The van der Waals surface area contributed by atoms with Gasteiger partial charge in [0.25, 0.3) is 0 Å². The van der Waals surface area contributed by atoms with Crippen molar-refractivity contribution in [2.75, 3.05) is 18.6 Å². The van der Waals surface area contributed by atoms with E-state index in [-0.39, 0.29) is 41.2 Å². The molecule has 1 aliphatic heterocycles. The summed E-state index contributed by atoms with van der Waals surface area (Å²) in [7, 11) is -5.66. The van der Waals surface area contributed by atoms with Crippen molar-refractivity contribution in [3.63, 3.8) is 0 Å². The largest absolute Gasteiger partial charge is 0.497 e. The van der Waals surface area contributed by atoms with Crippen LogP contribution in [0.15, 0.2) is 77.7 Å². The van der Waals surface area contributed by atoms with Crippen LogP contribution in [-0.2, 0) is 29.2 Å². The summed E-state index contributed by atoms with van der Waals surface area (Å²) in [4.78, 5) is 30.4. The maximum Gasteiger partial charge on any atom is 0.229 e. The Balaban J connectivity index is 1.85. The second kappa shape index (κ2) is 14.9. The lowest BCUT2D eigenvalue weighted by molar-refractivity contribution is -0.157. The van der Waals surface area contributed by atoms with Crippen molar-refractivity contribution < 1.29 is 27.0 Å². The molecule has 4 rings (SSSR count). The average molecular weight is 736 g/mol. The van der Waals surface area contributed by atoms with Crippen molar-refractivity contribution in [1.82, 2.24) is 4.90 Å². The second-order valence-corrected chi connectivity index (χ2v) is 19.1. The summed E-state index contributed by atoms with van der Waals surface area (Å²) in [5.74, 6) is -1.89. The molecule has 3 aromatic rings. The number of sulfone groups is 1. The van der Waals surface area contributed by atoms with E-state index in [0.29, 0.717) is 15.8 Å². The zero-order chi connectivity index (χ0) is 35.6. The van der Waals surface area contributed by atoms with Crippen LogP contribution in [0.3, 0.4) is 0 Å². The minimum Gasteiger partial charge on any atom is -0.497 e. The van der Waals surface area contributed by atoms with Crippen molar-refractivity contribution >= 4 is 54.5 Å². The molecule has 0 spiro atoms. The molecule has 1 fully saturated rings. The standard InChI is InChI=1S/C36H44Cl2N2O6S2/c1-23(2)33(22-47(39,43)24(3)4)40-34(25-10-12-27(37)13-11-25)32(26-8-7-9-28(38)18-26)20-36(5,35(40)42)19-29(41)21-48(44,45)31-16-14-30(46-6)15-17-31/h7-18,23-24,32-34,39H,19-22H2,1-6H3/t32-,33-,34-,36+,47?/m1/s1. The van der Waals surface area contributed by atoms with Gasteiger partial charge in [0, 0.05) is 43.4 Å². The molecule has 48 heavy (non-hydrogen) atoms. The number of benzene rings is 3. The van der Waals surface area contributed by atoms with E-state index < -0.39 is 53.9 Å². The number of hydrogen-bond donors (Lipinski definition) is 1. The molecule has 1 N–H and O–H groups in total. The molecule has 1 saturated heterocycles. The smallest absolute Gasteiger partial charge is 0.229 e. The second-order valence-electron chi connectivity index (χ2n) is 13.5. The van der Waals surface area contributed by atoms with Crippen LogP contribution in [-0.4, -0.2) is 59.1 Å². The first-order valence-corrected chi connectivity index (χ1v) is 20.1. The fraction of sp³-hybridized carbons (Fsp3) is 0.444. The van der Waals surface area contributed by atoms with Gasteiger partial charge in [-0.25, -0.2) is 12.6 Å². The number of hydrogen-bond acceptors (Lipinski definition) is 7. The lowest BCUT2D eigenvalue weighted by Gasteiger charge is -2.53. The number of ketones is 1. The van der Waals surface area contributed by atoms with Crippen LogP contribution in [0.1, 0.15) is 70.5 Å². The molecule has 1 amide bonds. The molecule has 1 aliphatic rings. The number of ether oxygens (including phenoxy) is 1. The monoisotopic (exact) mass is 734 g/mol. The van der Waals surface area contributed by atoms with Crippen molar-refractivity contribution in [3.8, 4) is 5.75 Å². The number of likely N-dealkylation sites (tertiary alicyclic amines) is 1. The average Bonchev–Trinajstić information content (AvgIpc) is 3.01. The van der Waals surface area contributed by atoms with Gasteiger partial charge in [0.2, 0.25) is 5.91 Å². The number of rotatable bonds is 13. The number of piperidine rings is 1. The van der Waals surface area contributed by atoms with Crippen molar-refractivity contribution in [1.29, 1.82) is 4.78 Å². The van der Waals surface area contributed by atoms with Gasteiger partial charge in [0.05, 0.1) is 29.2 Å². The maximum atomic E-state index is 15.0. The summed E-state index contributed by atoms with van der Waals surface area (Å²) < 4.78 is 54.2. The molecule has 0 aliphatic carbocycles. The van der Waals surface area contributed by atoms with Gasteiger partial charge in [0.15, 0.2) is 9.84 Å². The number of methoxy groups -OCH3 is 1. The van der Waals surface area contributed by atoms with E-state index in [9.17, 15) is 22.2 Å². The quantitative estimate of drug-likeness (QED) is 0.190. The molecule has 1 unspecified atom stereocenters. The third-order valence-corrected chi connectivity index (χ3v) is 13.8. The minimum atomic E-state index is -4.01. The summed E-state index contributed by atoms with van der Waals surface area (Å²) in [6.45, 7) is 9.04. The number of amides is 1. The summed E-state index contributed by atoms with van der Waals surface area (Å²) in [6.07, 6.45) is -0.108. The normalized spacial score (nSPS) is 22.0. The van der Waals surface area contributed by atoms with E-state index >= 15 is 0 Å². The first kappa shape index (κ1) is 37.9. The van der Waals surface area contributed by atoms with Gasteiger partial charge in [-0.05, 0) is 72.0 Å². The van der Waals surface area contributed by atoms with Crippen LogP contribution in [0.4, 0.5) is 0 Å². The van der Waals surface area contributed by atoms with E-state index in [1.165, 1.54) is 31.4 Å². The molecule has 0 bridgehead atoms. The molecule has 5 atom stereocenters. The van der Waals surface area contributed by atoms with Gasteiger partial charge in [-0.1, -0.05) is 82.1 Å². The van der Waals surface area contributed by atoms with Crippen molar-refractivity contribution in [2.24, 2.45) is 11.3 Å². The summed E-state index contributed by atoms with van der Waals surface area (Å²) in [6, 6.07) is 19.2. The Labute approximate surface area is 295 Å². The molecule has 8 nitrogen and oxygen atoms in total. The summed E-state index contributed by atoms with van der Waals surface area (Å²) in [5.41, 5.74) is 0.304. The summed E-state index contributed by atoms with van der Waals surface area (Å²) >= 11 is 12.8. The summed E-state index contributed by atoms with van der Waals surface area (Å²) in [5, 5.41) is 0.575. The highest BCUT2D eigenvalue weighted by Crippen LogP contribution is 2.52. The van der Waals surface area contributed by atoms with Gasteiger partial charge in [0.1, 0.15) is 17.3 Å². The molecule has 260 valence electrons. The first-order valence-electron chi connectivity index (χ1n) is 15.9. The van der Waals surface area contributed by atoms with Crippen LogP contribution in [0.5, 0.6) is 5.75 Å².